The average Bonchev–Trinajstić information content (AvgIpc) is 2.60. The maximum Gasteiger partial charge on any atom is 0.191 e. The highest BCUT2D eigenvalue weighted by Gasteiger charge is 2.33. The monoisotopic (exact) mass is 363 g/mol. The first kappa shape index (κ1) is 20.5. The van der Waals surface area contributed by atoms with Crippen LogP contribution in [0, 0.1) is 12.3 Å². The maximum absolute atomic E-state index is 5.95. The number of rotatable bonds is 10. The molecule has 6 heteroatoms. The predicted molar refractivity (Wildman–Crippen MR) is 105 cm³/mol. The van der Waals surface area contributed by atoms with Crippen molar-refractivity contribution in [2.45, 2.75) is 33.7 Å². The molecule has 1 heterocycles. The average molecular weight is 364 g/mol. The molecule has 146 valence electrons. The molecule has 1 fully saturated rings. The fourth-order valence-electron chi connectivity index (χ4n) is 2.67. The first-order valence-corrected chi connectivity index (χ1v) is 9.37. The van der Waals surface area contributed by atoms with E-state index in [1.165, 1.54) is 5.56 Å². The molecule has 1 aromatic rings. The number of nitrogens with one attached hydrogen (secondary N) is 2. The summed E-state index contributed by atoms with van der Waals surface area (Å²) in [4.78, 5) is 4.73. The normalized spacial score (nSPS) is 16.1. The van der Waals surface area contributed by atoms with Gasteiger partial charge < -0.3 is 24.8 Å². The van der Waals surface area contributed by atoms with Crippen LogP contribution in [0.4, 0.5) is 0 Å². The van der Waals surface area contributed by atoms with Crippen molar-refractivity contribution in [3.8, 4) is 5.75 Å². The number of methoxy groups -OCH3 is 1. The Kier molecular flexibility index (Phi) is 8.19. The number of aryl methyl sites for hydroxylation is 1. The quantitative estimate of drug-likeness (QED) is 0.380. The summed E-state index contributed by atoms with van der Waals surface area (Å²) in [5.74, 6) is 1.73. The third-order valence-electron chi connectivity index (χ3n) is 4.31. The minimum atomic E-state index is 0.204. The largest absolute Gasteiger partial charge is 0.493 e. The predicted octanol–water partition coefficient (Wildman–Crippen LogP) is 2.50. The van der Waals surface area contributed by atoms with Gasteiger partial charge in [-0.25, -0.2) is 4.99 Å². The third kappa shape index (κ3) is 6.50. The van der Waals surface area contributed by atoms with E-state index in [1.807, 2.05) is 0 Å². The number of hydrogen-bond acceptors (Lipinski definition) is 4. The summed E-state index contributed by atoms with van der Waals surface area (Å²) >= 11 is 0. The lowest BCUT2D eigenvalue weighted by molar-refractivity contribution is -0.0971. The summed E-state index contributed by atoms with van der Waals surface area (Å²) in [5.41, 5.74) is 2.47. The topological polar surface area (TPSA) is 64.1 Å². The fraction of sp³-hybridized carbons (Fsp3) is 0.650. The zero-order chi connectivity index (χ0) is 18.8. The van der Waals surface area contributed by atoms with Crippen LogP contribution in [0.3, 0.4) is 0 Å². The van der Waals surface area contributed by atoms with Crippen LogP contribution < -0.4 is 15.4 Å². The molecule has 0 bridgehead atoms. The Morgan fingerprint density at radius 2 is 2.08 bits per heavy atom. The lowest BCUT2D eigenvalue weighted by Crippen LogP contribution is -2.51. The van der Waals surface area contributed by atoms with Gasteiger partial charge in [0.05, 0.1) is 26.4 Å². The molecule has 2 rings (SSSR count). The van der Waals surface area contributed by atoms with E-state index in [2.05, 4.69) is 49.6 Å². The molecular weight excluding hydrogens is 330 g/mol. The Morgan fingerprint density at radius 1 is 1.27 bits per heavy atom. The molecule has 0 aliphatic carbocycles. The molecular formula is C20H33N3O3. The Labute approximate surface area is 157 Å². The van der Waals surface area contributed by atoms with Crippen molar-refractivity contribution >= 4 is 5.96 Å². The number of nitrogens with zero attached hydrogens (tertiary/aromatic N) is 1. The van der Waals surface area contributed by atoms with Gasteiger partial charge in [0.25, 0.3) is 0 Å². The smallest absolute Gasteiger partial charge is 0.191 e. The zero-order valence-corrected chi connectivity index (χ0v) is 16.6. The Bertz CT molecular complexity index is 586. The molecule has 1 aromatic carbocycles. The highest BCUT2D eigenvalue weighted by atomic mass is 16.5. The van der Waals surface area contributed by atoms with Gasteiger partial charge in [0, 0.05) is 44.2 Å². The van der Waals surface area contributed by atoms with Crippen LogP contribution in [0.15, 0.2) is 23.2 Å². The van der Waals surface area contributed by atoms with Crippen molar-refractivity contribution in [3.05, 3.63) is 29.3 Å². The molecule has 0 aromatic heterocycles. The van der Waals surface area contributed by atoms with E-state index >= 15 is 0 Å². The van der Waals surface area contributed by atoms with E-state index < -0.39 is 0 Å². The third-order valence-corrected chi connectivity index (χ3v) is 4.31. The Balaban J connectivity index is 1.97. The van der Waals surface area contributed by atoms with Crippen LogP contribution in [0.25, 0.3) is 0 Å². The summed E-state index contributed by atoms with van der Waals surface area (Å²) in [6.07, 6.45) is 0.873. The van der Waals surface area contributed by atoms with Crippen molar-refractivity contribution < 1.29 is 14.2 Å². The molecule has 0 radical (unpaired) electrons. The molecule has 1 aliphatic rings. The number of benzene rings is 1. The second-order valence-corrected chi connectivity index (χ2v) is 7.16. The van der Waals surface area contributed by atoms with Gasteiger partial charge in [-0.1, -0.05) is 19.1 Å². The molecule has 0 saturated carbocycles. The SMILES string of the molecule is CCNC(=NCc1ccc(C)cc1OCCCOC)NCC1(C)COC1. The zero-order valence-electron chi connectivity index (χ0n) is 16.6. The first-order chi connectivity index (χ1) is 12.6. The molecule has 0 atom stereocenters. The molecule has 1 aliphatic heterocycles. The number of ether oxygens (including phenoxy) is 3. The van der Waals surface area contributed by atoms with Crippen molar-refractivity contribution in [1.82, 2.24) is 10.6 Å². The number of hydrogen-bond donors (Lipinski definition) is 2. The van der Waals surface area contributed by atoms with E-state index in [9.17, 15) is 0 Å². The van der Waals surface area contributed by atoms with Crippen LogP contribution in [0.5, 0.6) is 5.75 Å². The molecule has 2 N–H and O–H groups in total. The summed E-state index contributed by atoms with van der Waals surface area (Å²) in [7, 11) is 1.71. The van der Waals surface area contributed by atoms with E-state index in [4.69, 9.17) is 19.2 Å². The Hall–Kier alpha value is -1.79. The summed E-state index contributed by atoms with van der Waals surface area (Å²) < 4.78 is 16.3. The van der Waals surface area contributed by atoms with Gasteiger partial charge in [-0.15, -0.1) is 0 Å². The molecule has 0 unspecified atom stereocenters. The first-order valence-electron chi connectivity index (χ1n) is 9.37. The second kappa shape index (κ2) is 10.4. The molecule has 0 amide bonds. The minimum absolute atomic E-state index is 0.204. The van der Waals surface area contributed by atoms with Gasteiger partial charge in [-0.3, -0.25) is 0 Å². The van der Waals surface area contributed by atoms with Crippen LogP contribution in [0.1, 0.15) is 31.4 Å². The van der Waals surface area contributed by atoms with E-state index in [-0.39, 0.29) is 5.41 Å². The lowest BCUT2D eigenvalue weighted by Gasteiger charge is -2.38. The van der Waals surface area contributed by atoms with Crippen molar-refractivity contribution in [1.29, 1.82) is 0 Å². The van der Waals surface area contributed by atoms with Gasteiger partial charge in [-0.05, 0) is 25.5 Å². The number of guanidine groups is 1. The number of aliphatic imine (C=N–C) groups is 1. The van der Waals surface area contributed by atoms with Gasteiger partial charge >= 0.3 is 0 Å². The van der Waals surface area contributed by atoms with Gasteiger partial charge in [-0.2, -0.15) is 0 Å². The minimum Gasteiger partial charge on any atom is -0.493 e. The van der Waals surface area contributed by atoms with Gasteiger partial charge in [0.15, 0.2) is 5.96 Å². The maximum atomic E-state index is 5.95. The highest BCUT2D eigenvalue weighted by molar-refractivity contribution is 5.79. The standard InChI is InChI=1S/C20H33N3O3/c1-5-21-19(23-13-20(3)14-25-15-20)22-12-17-8-7-16(2)11-18(17)26-10-6-9-24-4/h7-8,11H,5-6,9-10,12-15H2,1-4H3,(H2,21,22,23). The van der Waals surface area contributed by atoms with E-state index in [1.54, 1.807) is 7.11 Å². The molecule has 0 spiro atoms. The van der Waals surface area contributed by atoms with Crippen molar-refractivity contribution in [2.75, 3.05) is 46.6 Å². The van der Waals surface area contributed by atoms with Crippen LogP contribution >= 0.6 is 0 Å². The second-order valence-electron chi connectivity index (χ2n) is 7.16. The summed E-state index contributed by atoms with van der Waals surface area (Å²) in [6, 6.07) is 6.26. The van der Waals surface area contributed by atoms with Gasteiger partial charge in [0.1, 0.15) is 5.75 Å². The summed E-state index contributed by atoms with van der Waals surface area (Å²) in [5, 5.41) is 6.73. The molecule has 6 nitrogen and oxygen atoms in total. The fourth-order valence-corrected chi connectivity index (χ4v) is 2.67. The van der Waals surface area contributed by atoms with Crippen molar-refractivity contribution in [3.63, 3.8) is 0 Å². The van der Waals surface area contributed by atoms with Gasteiger partial charge in [0.2, 0.25) is 0 Å². The molecule has 26 heavy (non-hydrogen) atoms. The molecule has 1 saturated heterocycles. The highest BCUT2D eigenvalue weighted by Crippen LogP contribution is 2.25. The summed E-state index contributed by atoms with van der Waals surface area (Å²) in [6.45, 7) is 11.6. The van der Waals surface area contributed by atoms with Crippen molar-refractivity contribution in [2.24, 2.45) is 10.4 Å². The van der Waals surface area contributed by atoms with Crippen LogP contribution in [-0.4, -0.2) is 52.6 Å². The van der Waals surface area contributed by atoms with Crippen LogP contribution in [0.2, 0.25) is 0 Å². The van der Waals surface area contributed by atoms with E-state index in [0.717, 1.165) is 50.0 Å². The Morgan fingerprint density at radius 3 is 2.73 bits per heavy atom. The van der Waals surface area contributed by atoms with Crippen LogP contribution in [-0.2, 0) is 16.0 Å². The van der Waals surface area contributed by atoms with E-state index in [0.29, 0.717) is 19.8 Å². The lowest BCUT2D eigenvalue weighted by atomic mass is 9.89.